The van der Waals surface area contributed by atoms with Crippen molar-refractivity contribution in [2.24, 2.45) is 0 Å². The van der Waals surface area contributed by atoms with E-state index in [0.717, 1.165) is 6.07 Å². The number of alkyl halides is 5. The Morgan fingerprint density at radius 2 is 1.79 bits per heavy atom. The molecule has 0 amide bonds. The van der Waals surface area contributed by atoms with E-state index in [9.17, 15) is 31.1 Å². The maximum atomic E-state index is 13.1. The van der Waals surface area contributed by atoms with Crippen molar-refractivity contribution in [3.05, 3.63) is 28.0 Å². The molecule has 0 aliphatic carbocycles. The molecule has 1 rings (SSSR count). The molecule has 0 atom stereocenters. The number of hydrogen-bond donors (Lipinski definition) is 0. The zero-order chi connectivity index (χ0) is 14.8. The zero-order valence-electron chi connectivity index (χ0n) is 8.90. The quantitative estimate of drug-likeness (QED) is 0.606. The molecule has 0 aliphatic heterocycles. The molecule has 2 nitrogen and oxygen atoms in total. The molecule has 0 unspecified atom stereocenters. The van der Waals surface area contributed by atoms with Crippen molar-refractivity contribution in [2.75, 3.05) is 6.61 Å². The number of benzene rings is 1. The van der Waals surface area contributed by atoms with E-state index in [2.05, 4.69) is 20.7 Å². The summed E-state index contributed by atoms with van der Waals surface area (Å²) in [5, 5.41) is 0. The van der Waals surface area contributed by atoms with E-state index >= 15 is 0 Å². The lowest BCUT2D eigenvalue weighted by Crippen LogP contribution is -2.41. The number of carbonyl (C=O) groups is 1. The van der Waals surface area contributed by atoms with Crippen LogP contribution in [0.3, 0.4) is 0 Å². The molecule has 0 saturated heterocycles. The van der Waals surface area contributed by atoms with Gasteiger partial charge < -0.3 is 4.74 Å². The summed E-state index contributed by atoms with van der Waals surface area (Å²) in [7, 11) is 0. The van der Waals surface area contributed by atoms with Crippen LogP contribution in [-0.4, -0.2) is 25.0 Å². The highest BCUT2D eigenvalue weighted by Crippen LogP contribution is 2.36. The third-order valence-electron chi connectivity index (χ3n) is 2.00. The van der Waals surface area contributed by atoms with Crippen molar-refractivity contribution in [3.8, 4) is 5.75 Å². The molecule has 0 aromatic heterocycles. The second kappa shape index (κ2) is 5.40. The summed E-state index contributed by atoms with van der Waals surface area (Å²) in [6.07, 6.45) is -5.65. The summed E-state index contributed by atoms with van der Waals surface area (Å²) >= 11 is 2.73. The lowest BCUT2D eigenvalue weighted by atomic mass is 10.2. The first-order valence-corrected chi connectivity index (χ1v) is 5.39. The van der Waals surface area contributed by atoms with Crippen molar-refractivity contribution < 1.29 is 35.9 Å². The number of aldehydes is 1. The molecule has 0 spiro atoms. The number of carbonyl (C=O) groups excluding carboxylic acids is 1. The smallest absolute Gasteiger partial charge is 0.456 e. The molecule has 0 aliphatic rings. The standard InChI is InChI=1S/C10H5BrF6O2/c11-6-1-5(3-18)8(2-7(6)12)19-4-9(13,14)10(15,16)17/h1-3H,4H2. The van der Waals surface area contributed by atoms with Crippen molar-refractivity contribution >= 4 is 22.2 Å². The van der Waals surface area contributed by atoms with Crippen LogP contribution in [0.25, 0.3) is 0 Å². The van der Waals surface area contributed by atoms with E-state index in [1.54, 1.807) is 0 Å². The molecule has 0 bridgehead atoms. The molecule has 1 aromatic carbocycles. The molecule has 106 valence electrons. The van der Waals surface area contributed by atoms with Gasteiger partial charge in [-0.15, -0.1) is 0 Å². The zero-order valence-corrected chi connectivity index (χ0v) is 10.5. The van der Waals surface area contributed by atoms with Crippen LogP contribution >= 0.6 is 15.9 Å². The van der Waals surface area contributed by atoms with Crippen LogP contribution in [0.15, 0.2) is 16.6 Å². The van der Waals surface area contributed by atoms with Gasteiger partial charge in [-0.1, -0.05) is 0 Å². The predicted octanol–water partition coefficient (Wildman–Crippen LogP) is 3.98. The fourth-order valence-corrected chi connectivity index (χ4v) is 1.37. The SMILES string of the molecule is O=Cc1cc(Br)c(F)cc1OCC(F)(F)C(F)(F)F. The summed E-state index contributed by atoms with van der Waals surface area (Å²) in [4.78, 5) is 10.6. The van der Waals surface area contributed by atoms with Crippen LogP contribution < -0.4 is 4.74 Å². The molecular weight excluding hydrogens is 346 g/mol. The van der Waals surface area contributed by atoms with E-state index in [1.807, 2.05) is 0 Å². The van der Waals surface area contributed by atoms with Gasteiger partial charge in [0.15, 0.2) is 12.9 Å². The van der Waals surface area contributed by atoms with Gasteiger partial charge in [-0.2, -0.15) is 22.0 Å². The Bertz CT molecular complexity index is 486. The van der Waals surface area contributed by atoms with E-state index in [4.69, 9.17) is 0 Å². The molecule has 0 saturated carbocycles. The van der Waals surface area contributed by atoms with Crippen LogP contribution in [0.1, 0.15) is 10.4 Å². The summed E-state index contributed by atoms with van der Waals surface area (Å²) in [5.74, 6) is -6.76. The third kappa shape index (κ3) is 3.62. The number of ether oxygens (including phenoxy) is 1. The Labute approximate surface area is 111 Å². The molecule has 0 heterocycles. The Morgan fingerprint density at radius 1 is 1.21 bits per heavy atom. The van der Waals surface area contributed by atoms with Gasteiger partial charge in [-0.05, 0) is 22.0 Å². The first-order valence-electron chi connectivity index (χ1n) is 4.60. The summed E-state index contributed by atoms with van der Waals surface area (Å²) in [6, 6.07) is 1.45. The van der Waals surface area contributed by atoms with Gasteiger partial charge in [0, 0.05) is 6.07 Å². The van der Waals surface area contributed by atoms with Gasteiger partial charge in [0.25, 0.3) is 0 Å². The summed E-state index contributed by atoms with van der Waals surface area (Å²) < 4.78 is 78.0. The molecule has 19 heavy (non-hydrogen) atoms. The van der Waals surface area contributed by atoms with Gasteiger partial charge in [0.05, 0.1) is 10.0 Å². The van der Waals surface area contributed by atoms with Crippen molar-refractivity contribution in [3.63, 3.8) is 0 Å². The van der Waals surface area contributed by atoms with Crippen LogP contribution in [0.5, 0.6) is 5.75 Å². The molecule has 9 heteroatoms. The van der Waals surface area contributed by atoms with Crippen LogP contribution in [-0.2, 0) is 0 Å². The fraction of sp³-hybridized carbons (Fsp3) is 0.300. The Morgan fingerprint density at radius 3 is 2.26 bits per heavy atom. The van der Waals surface area contributed by atoms with Crippen molar-refractivity contribution in [1.29, 1.82) is 0 Å². The van der Waals surface area contributed by atoms with E-state index < -0.39 is 30.3 Å². The van der Waals surface area contributed by atoms with Crippen molar-refractivity contribution in [2.45, 2.75) is 12.1 Å². The minimum Gasteiger partial charge on any atom is -0.486 e. The minimum atomic E-state index is -5.79. The lowest BCUT2D eigenvalue weighted by molar-refractivity contribution is -0.290. The minimum absolute atomic E-state index is 0.144. The van der Waals surface area contributed by atoms with Crippen LogP contribution in [0.4, 0.5) is 26.3 Å². The summed E-state index contributed by atoms with van der Waals surface area (Å²) in [6.45, 7) is -2.04. The number of halogens is 7. The van der Waals surface area contributed by atoms with Crippen LogP contribution in [0, 0.1) is 5.82 Å². The Balaban J connectivity index is 2.95. The first-order chi connectivity index (χ1) is 8.58. The van der Waals surface area contributed by atoms with E-state index in [-0.39, 0.29) is 16.3 Å². The Kier molecular flexibility index (Phi) is 4.49. The average Bonchev–Trinajstić information content (AvgIpc) is 2.28. The molecule has 0 N–H and O–H groups in total. The highest BCUT2D eigenvalue weighted by molar-refractivity contribution is 9.10. The Hall–Kier alpha value is -1.25. The maximum absolute atomic E-state index is 13.1. The number of rotatable bonds is 4. The molecule has 0 fully saturated rings. The molecule has 1 aromatic rings. The normalized spacial score (nSPS) is 12.4. The third-order valence-corrected chi connectivity index (χ3v) is 2.61. The predicted molar refractivity (Wildman–Crippen MR) is 56.0 cm³/mol. The van der Waals surface area contributed by atoms with Gasteiger partial charge in [0.2, 0.25) is 0 Å². The topological polar surface area (TPSA) is 26.3 Å². The maximum Gasteiger partial charge on any atom is 0.456 e. The van der Waals surface area contributed by atoms with Crippen molar-refractivity contribution in [1.82, 2.24) is 0 Å². The van der Waals surface area contributed by atoms with E-state index in [1.165, 1.54) is 0 Å². The van der Waals surface area contributed by atoms with E-state index in [0.29, 0.717) is 6.07 Å². The molecular formula is C10H5BrF6O2. The van der Waals surface area contributed by atoms with Gasteiger partial charge in [-0.3, -0.25) is 4.79 Å². The molecule has 0 radical (unpaired) electrons. The lowest BCUT2D eigenvalue weighted by Gasteiger charge is -2.20. The second-order valence-electron chi connectivity index (χ2n) is 3.41. The largest absolute Gasteiger partial charge is 0.486 e. The fourth-order valence-electron chi connectivity index (χ4n) is 1.01. The van der Waals surface area contributed by atoms with Gasteiger partial charge in [-0.25, -0.2) is 4.39 Å². The first kappa shape index (κ1) is 15.8. The highest BCUT2D eigenvalue weighted by atomic mass is 79.9. The van der Waals surface area contributed by atoms with Gasteiger partial charge in [0.1, 0.15) is 11.6 Å². The summed E-state index contributed by atoms with van der Waals surface area (Å²) in [5.41, 5.74) is -0.355. The average molecular weight is 351 g/mol. The highest BCUT2D eigenvalue weighted by Gasteiger charge is 2.58. The monoisotopic (exact) mass is 350 g/mol. The van der Waals surface area contributed by atoms with Crippen LogP contribution in [0.2, 0.25) is 0 Å². The second-order valence-corrected chi connectivity index (χ2v) is 4.27. The van der Waals surface area contributed by atoms with Gasteiger partial charge >= 0.3 is 12.1 Å². The number of hydrogen-bond acceptors (Lipinski definition) is 2.